The van der Waals surface area contributed by atoms with E-state index in [9.17, 15) is 9.59 Å². The molecular formula is C19H35N5O2. The summed E-state index contributed by atoms with van der Waals surface area (Å²) in [6, 6.07) is 0. The summed E-state index contributed by atoms with van der Waals surface area (Å²) < 4.78 is 0. The van der Waals surface area contributed by atoms with Crippen LogP contribution >= 0.6 is 0 Å². The highest BCUT2D eigenvalue weighted by atomic mass is 16.2. The molecule has 0 aromatic carbocycles. The van der Waals surface area contributed by atoms with Crippen LogP contribution < -0.4 is 10.6 Å². The molecule has 0 aromatic heterocycles. The predicted molar refractivity (Wildman–Crippen MR) is 104 cm³/mol. The number of carbonyl (C=O) groups is 2. The van der Waals surface area contributed by atoms with Crippen LogP contribution in [0.2, 0.25) is 0 Å². The molecule has 0 atom stereocenters. The average molecular weight is 366 g/mol. The summed E-state index contributed by atoms with van der Waals surface area (Å²) in [6.07, 6.45) is 7.36. The molecule has 1 saturated heterocycles. The molecule has 1 aliphatic carbocycles. The molecule has 0 unspecified atom stereocenters. The van der Waals surface area contributed by atoms with E-state index in [0.717, 1.165) is 58.2 Å². The van der Waals surface area contributed by atoms with Crippen molar-refractivity contribution >= 4 is 17.8 Å². The van der Waals surface area contributed by atoms with Crippen LogP contribution in [0.5, 0.6) is 0 Å². The van der Waals surface area contributed by atoms with E-state index in [1.807, 2.05) is 25.9 Å². The number of hydrogen-bond acceptors (Lipinski definition) is 3. The van der Waals surface area contributed by atoms with Gasteiger partial charge in [0.15, 0.2) is 5.96 Å². The number of likely N-dealkylation sites (tertiary alicyclic amines) is 1. The molecule has 2 rings (SSSR count). The number of nitrogens with zero attached hydrogens (tertiary/aromatic N) is 3. The first kappa shape index (κ1) is 20.5. The zero-order chi connectivity index (χ0) is 19.0. The van der Waals surface area contributed by atoms with E-state index in [1.165, 1.54) is 6.42 Å². The van der Waals surface area contributed by atoms with Crippen molar-refractivity contribution in [2.75, 3.05) is 46.8 Å². The average Bonchev–Trinajstić information content (AvgIpc) is 3.13. The Hall–Kier alpha value is -1.79. The van der Waals surface area contributed by atoms with Crippen molar-refractivity contribution < 1.29 is 9.59 Å². The molecule has 0 radical (unpaired) electrons. The number of nitrogens with one attached hydrogen (secondary N) is 2. The first-order valence-electron chi connectivity index (χ1n) is 10.0. The normalized spacial score (nSPS) is 20.0. The van der Waals surface area contributed by atoms with Gasteiger partial charge in [0.2, 0.25) is 11.8 Å². The summed E-state index contributed by atoms with van der Waals surface area (Å²) in [5.41, 5.74) is -0.351. The standard InChI is InChI=1S/C19H35N5O2/c1-4-20-18(21-14-16(25)24-12-8-5-9-13-24)22-15-19(10-6-7-11-19)17(26)23(2)3/h4-15H2,1-3H3,(H2,20,21,22). The molecule has 7 heteroatoms. The Bertz CT molecular complexity index is 506. The van der Waals surface area contributed by atoms with Crippen molar-refractivity contribution in [1.29, 1.82) is 0 Å². The van der Waals surface area contributed by atoms with Gasteiger partial charge < -0.3 is 20.4 Å². The SMILES string of the molecule is CCNC(=NCC(=O)N1CCCCC1)NCC1(C(=O)N(C)C)CCCC1. The zero-order valence-corrected chi connectivity index (χ0v) is 16.6. The molecule has 0 aromatic rings. The van der Waals surface area contributed by atoms with Crippen molar-refractivity contribution in [2.24, 2.45) is 10.4 Å². The van der Waals surface area contributed by atoms with E-state index in [4.69, 9.17) is 0 Å². The highest BCUT2D eigenvalue weighted by Crippen LogP contribution is 2.38. The van der Waals surface area contributed by atoms with Crippen molar-refractivity contribution in [2.45, 2.75) is 51.9 Å². The predicted octanol–water partition coefficient (Wildman–Crippen LogP) is 1.20. The van der Waals surface area contributed by atoms with E-state index in [2.05, 4.69) is 15.6 Å². The Morgan fingerprint density at radius 1 is 1.04 bits per heavy atom. The lowest BCUT2D eigenvalue weighted by molar-refractivity contribution is -0.139. The van der Waals surface area contributed by atoms with Crippen LogP contribution in [0.15, 0.2) is 4.99 Å². The molecule has 2 amide bonds. The van der Waals surface area contributed by atoms with E-state index >= 15 is 0 Å². The molecule has 1 saturated carbocycles. The lowest BCUT2D eigenvalue weighted by Crippen LogP contribution is -2.49. The third-order valence-electron chi connectivity index (χ3n) is 5.44. The van der Waals surface area contributed by atoms with Crippen LogP contribution in [0.3, 0.4) is 0 Å². The first-order valence-corrected chi connectivity index (χ1v) is 10.0. The minimum Gasteiger partial charge on any atom is -0.357 e. The van der Waals surface area contributed by atoms with Crippen LogP contribution in [0.25, 0.3) is 0 Å². The molecule has 0 spiro atoms. The zero-order valence-electron chi connectivity index (χ0n) is 16.6. The summed E-state index contributed by atoms with van der Waals surface area (Å²) >= 11 is 0. The molecule has 1 aliphatic heterocycles. The van der Waals surface area contributed by atoms with E-state index in [0.29, 0.717) is 12.5 Å². The fraction of sp³-hybridized carbons (Fsp3) is 0.842. The Morgan fingerprint density at radius 2 is 1.69 bits per heavy atom. The monoisotopic (exact) mass is 365 g/mol. The van der Waals surface area contributed by atoms with Gasteiger partial charge in [-0.2, -0.15) is 0 Å². The first-order chi connectivity index (χ1) is 12.5. The fourth-order valence-electron chi connectivity index (χ4n) is 3.98. The van der Waals surface area contributed by atoms with Gasteiger partial charge in [0.25, 0.3) is 0 Å². The number of piperidine rings is 1. The van der Waals surface area contributed by atoms with Gasteiger partial charge in [-0.15, -0.1) is 0 Å². The van der Waals surface area contributed by atoms with Gasteiger partial charge in [0.1, 0.15) is 6.54 Å². The molecule has 2 fully saturated rings. The van der Waals surface area contributed by atoms with Gasteiger partial charge in [0.05, 0.1) is 5.41 Å². The van der Waals surface area contributed by atoms with E-state index in [-0.39, 0.29) is 23.8 Å². The summed E-state index contributed by atoms with van der Waals surface area (Å²) in [5.74, 6) is 0.889. The minimum absolute atomic E-state index is 0.0850. The van der Waals surface area contributed by atoms with Crippen LogP contribution in [0, 0.1) is 5.41 Å². The van der Waals surface area contributed by atoms with Crippen molar-refractivity contribution in [3.8, 4) is 0 Å². The molecule has 2 aliphatic rings. The third kappa shape index (κ3) is 5.35. The molecule has 148 valence electrons. The van der Waals surface area contributed by atoms with Gasteiger partial charge in [-0.1, -0.05) is 12.8 Å². The summed E-state index contributed by atoms with van der Waals surface area (Å²) in [4.78, 5) is 33.1. The van der Waals surface area contributed by atoms with Crippen molar-refractivity contribution in [1.82, 2.24) is 20.4 Å². The smallest absolute Gasteiger partial charge is 0.244 e. The fourth-order valence-corrected chi connectivity index (χ4v) is 3.98. The van der Waals surface area contributed by atoms with Crippen LogP contribution in [-0.2, 0) is 9.59 Å². The summed E-state index contributed by atoms with van der Waals surface area (Å²) in [5, 5.41) is 6.51. The van der Waals surface area contributed by atoms with Crippen LogP contribution in [-0.4, -0.2) is 74.4 Å². The van der Waals surface area contributed by atoms with Crippen LogP contribution in [0.1, 0.15) is 51.9 Å². The molecule has 7 nitrogen and oxygen atoms in total. The number of guanidine groups is 1. The Balaban J connectivity index is 1.95. The van der Waals surface area contributed by atoms with Crippen molar-refractivity contribution in [3.63, 3.8) is 0 Å². The molecule has 0 bridgehead atoms. The summed E-state index contributed by atoms with van der Waals surface area (Å²) in [6.45, 7) is 5.13. The summed E-state index contributed by atoms with van der Waals surface area (Å²) in [7, 11) is 3.64. The highest BCUT2D eigenvalue weighted by molar-refractivity contribution is 5.87. The Morgan fingerprint density at radius 3 is 2.27 bits per heavy atom. The number of rotatable bonds is 6. The maximum atomic E-state index is 12.7. The quantitative estimate of drug-likeness (QED) is 0.548. The van der Waals surface area contributed by atoms with E-state index < -0.39 is 0 Å². The number of carbonyl (C=O) groups excluding carboxylic acids is 2. The Labute approximate surface area is 157 Å². The topological polar surface area (TPSA) is 77.0 Å². The second kappa shape index (κ2) is 9.78. The number of hydrogen-bond donors (Lipinski definition) is 2. The maximum Gasteiger partial charge on any atom is 0.244 e. The molecular weight excluding hydrogens is 330 g/mol. The minimum atomic E-state index is -0.351. The van der Waals surface area contributed by atoms with Gasteiger partial charge in [-0.05, 0) is 39.0 Å². The third-order valence-corrected chi connectivity index (χ3v) is 5.44. The number of aliphatic imine (C=N–C) groups is 1. The van der Waals surface area contributed by atoms with Gasteiger partial charge in [0, 0.05) is 40.3 Å². The van der Waals surface area contributed by atoms with Crippen molar-refractivity contribution in [3.05, 3.63) is 0 Å². The maximum absolute atomic E-state index is 12.7. The highest BCUT2D eigenvalue weighted by Gasteiger charge is 2.42. The molecule has 1 heterocycles. The second-order valence-electron chi connectivity index (χ2n) is 7.68. The lowest BCUT2D eigenvalue weighted by atomic mass is 9.84. The largest absolute Gasteiger partial charge is 0.357 e. The Kier molecular flexibility index (Phi) is 7.72. The van der Waals surface area contributed by atoms with Crippen LogP contribution in [0.4, 0.5) is 0 Å². The lowest BCUT2D eigenvalue weighted by Gasteiger charge is -2.31. The van der Waals surface area contributed by atoms with Gasteiger partial charge in [-0.25, -0.2) is 4.99 Å². The molecule has 2 N–H and O–H groups in total. The molecule has 26 heavy (non-hydrogen) atoms. The van der Waals surface area contributed by atoms with E-state index in [1.54, 1.807) is 4.90 Å². The van der Waals surface area contributed by atoms with Gasteiger partial charge in [-0.3, -0.25) is 9.59 Å². The van der Waals surface area contributed by atoms with Gasteiger partial charge >= 0.3 is 0 Å². The number of amides is 2. The second-order valence-corrected chi connectivity index (χ2v) is 7.68.